The van der Waals surface area contributed by atoms with Gasteiger partial charge < -0.3 is 10.0 Å². The van der Waals surface area contributed by atoms with E-state index in [0.29, 0.717) is 38.3 Å². The molecule has 1 aromatic heterocycles. The maximum Gasteiger partial charge on any atom is 0.253 e. The van der Waals surface area contributed by atoms with E-state index in [1.807, 2.05) is 17.5 Å². The van der Waals surface area contributed by atoms with Gasteiger partial charge in [-0.15, -0.1) is 11.3 Å². The van der Waals surface area contributed by atoms with Crippen LogP contribution in [-0.2, 0) is 10.0 Å². The van der Waals surface area contributed by atoms with Gasteiger partial charge in [-0.05, 0) is 35.7 Å². The molecule has 1 N–H and O–H groups in total. The van der Waals surface area contributed by atoms with Gasteiger partial charge in [-0.25, -0.2) is 12.7 Å². The zero-order valence-corrected chi connectivity index (χ0v) is 17.6. The lowest BCUT2D eigenvalue weighted by Crippen LogP contribution is -2.49. The second kappa shape index (κ2) is 8.71. The first-order valence-electron chi connectivity index (χ1n) is 9.04. The van der Waals surface area contributed by atoms with Crippen molar-refractivity contribution in [2.45, 2.75) is 11.0 Å². The summed E-state index contributed by atoms with van der Waals surface area (Å²) in [7, 11) is -0.552. The molecule has 0 bridgehead atoms. The molecular formula is C19H25N3O4S2. The van der Waals surface area contributed by atoms with Crippen molar-refractivity contribution >= 4 is 27.3 Å². The molecule has 2 heterocycles. The standard InChI is InChI=1S/C19H25N3O4S2/c1-20(2)28(25,26)16-7-5-15(6-8-16)19(24)22-11-9-21(10-12-22)14-17(23)18-4-3-13-27-18/h3-8,13,17,23H,9-12,14H2,1-2H3. The van der Waals surface area contributed by atoms with Crippen LogP contribution in [0.15, 0.2) is 46.7 Å². The summed E-state index contributed by atoms with van der Waals surface area (Å²) in [5.74, 6) is -0.104. The van der Waals surface area contributed by atoms with E-state index >= 15 is 0 Å². The maximum atomic E-state index is 12.7. The lowest BCUT2D eigenvalue weighted by molar-refractivity contribution is 0.0532. The molecule has 7 nitrogen and oxygen atoms in total. The lowest BCUT2D eigenvalue weighted by atomic mass is 10.1. The van der Waals surface area contributed by atoms with Crippen molar-refractivity contribution in [1.82, 2.24) is 14.1 Å². The molecule has 1 saturated heterocycles. The minimum atomic E-state index is -3.50. The molecule has 1 aliphatic heterocycles. The number of carbonyl (C=O) groups excluding carboxylic acids is 1. The number of rotatable bonds is 6. The Kier molecular flexibility index (Phi) is 6.51. The molecule has 0 saturated carbocycles. The Balaban J connectivity index is 1.56. The fraction of sp³-hybridized carbons (Fsp3) is 0.421. The molecule has 0 spiro atoms. The number of hydrogen-bond donors (Lipinski definition) is 1. The van der Waals surface area contributed by atoms with Crippen molar-refractivity contribution in [2.75, 3.05) is 46.8 Å². The van der Waals surface area contributed by atoms with Gasteiger partial charge in [0.2, 0.25) is 10.0 Å². The molecule has 0 radical (unpaired) electrons. The molecular weight excluding hydrogens is 398 g/mol. The Morgan fingerprint density at radius 1 is 1.14 bits per heavy atom. The number of hydrogen-bond acceptors (Lipinski definition) is 6. The summed E-state index contributed by atoms with van der Waals surface area (Å²) in [6.45, 7) is 3.10. The lowest BCUT2D eigenvalue weighted by Gasteiger charge is -2.35. The molecule has 0 aliphatic carbocycles. The quantitative estimate of drug-likeness (QED) is 0.761. The molecule has 152 valence electrons. The van der Waals surface area contributed by atoms with Crippen LogP contribution >= 0.6 is 11.3 Å². The Bertz CT molecular complexity index is 888. The number of piperazine rings is 1. The Morgan fingerprint density at radius 3 is 2.32 bits per heavy atom. The molecule has 2 aromatic rings. The minimum absolute atomic E-state index is 0.104. The van der Waals surface area contributed by atoms with E-state index in [-0.39, 0.29) is 10.8 Å². The number of benzene rings is 1. The van der Waals surface area contributed by atoms with Crippen LogP contribution in [0.5, 0.6) is 0 Å². The normalized spacial score (nSPS) is 17.1. The van der Waals surface area contributed by atoms with Gasteiger partial charge in [0.15, 0.2) is 0 Å². The van der Waals surface area contributed by atoms with Gasteiger partial charge in [0.25, 0.3) is 5.91 Å². The number of amides is 1. The predicted molar refractivity (Wildman–Crippen MR) is 109 cm³/mol. The van der Waals surface area contributed by atoms with Crippen LogP contribution in [0.3, 0.4) is 0 Å². The van der Waals surface area contributed by atoms with Crippen LogP contribution in [0, 0.1) is 0 Å². The molecule has 1 atom stereocenters. The zero-order valence-electron chi connectivity index (χ0n) is 16.0. The van der Waals surface area contributed by atoms with Gasteiger partial charge in [-0.1, -0.05) is 6.07 Å². The van der Waals surface area contributed by atoms with E-state index in [1.54, 1.807) is 17.0 Å². The summed E-state index contributed by atoms with van der Waals surface area (Å²) >= 11 is 1.54. The molecule has 1 aromatic carbocycles. The van der Waals surface area contributed by atoms with E-state index in [2.05, 4.69) is 4.90 Å². The van der Waals surface area contributed by atoms with Crippen molar-refractivity contribution in [1.29, 1.82) is 0 Å². The fourth-order valence-corrected chi connectivity index (χ4v) is 4.72. The fourth-order valence-electron chi connectivity index (χ4n) is 3.11. The number of aliphatic hydroxyl groups is 1. The number of aliphatic hydroxyl groups excluding tert-OH is 1. The first-order valence-corrected chi connectivity index (χ1v) is 11.4. The average Bonchev–Trinajstić information content (AvgIpc) is 3.23. The largest absolute Gasteiger partial charge is 0.386 e. The second-order valence-corrected chi connectivity index (χ2v) is 10.1. The van der Waals surface area contributed by atoms with E-state index < -0.39 is 16.1 Å². The van der Waals surface area contributed by atoms with Crippen molar-refractivity contribution < 1.29 is 18.3 Å². The van der Waals surface area contributed by atoms with Crippen LogP contribution < -0.4 is 0 Å². The highest BCUT2D eigenvalue weighted by molar-refractivity contribution is 7.89. The highest BCUT2D eigenvalue weighted by Crippen LogP contribution is 2.21. The molecule has 1 aliphatic rings. The molecule has 1 unspecified atom stereocenters. The van der Waals surface area contributed by atoms with E-state index in [0.717, 1.165) is 9.18 Å². The van der Waals surface area contributed by atoms with Gasteiger partial charge in [-0.3, -0.25) is 9.69 Å². The van der Waals surface area contributed by atoms with Gasteiger partial charge in [0.1, 0.15) is 6.10 Å². The summed E-state index contributed by atoms with van der Waals surface area (Å²) in [5, 5.41) is 12.2. The number of carbonyl (C=O) groups is 1. The summed E-state index contributed by atoms with van der Waals surface area (Å²) in [5.41, 5.74) is 0.477. The number of sulfonamides is 1. The monoisotopic (exact) mass is 423 g/mol. The van der Waals surface area contributed by atoms with Crippen molar-refractivity contribution in [3.63, 3.8) is 0 Å². The van der Waals surface area contributed by atoms with Crippen LogP contribution in [-0.4, -0.2) is 80.4 Å². The summed E-state index contributed by atoms with van der Waals surface area (Å²) in [4.78, 5) is 17.7. The average molecular weight is 424 g/mol. The highest BCUT2D eigenvalue weighted by atomic mass is 32.2. The summed E-state index contributed by atoms with van der Waals surface area (Å²) in [6.07, 6.45) is -0.506. The van der Waals surface area contributed by atoms with Crippen LogP contribution in [0.4, 0.5) is 0 Å². The zero-order chi connectivity index (χ0) is 20.3. The third-order valence-electron chi connectivity index (χ3n) is 4.84. The maximum absolute atomic E-state index is 12.7. The van der Waals surface area contributed by atoms with Gasteiger partial charge in [-0.2, -0.15) is 0 Å². The summed E-state index contributed by atoms with van der Waals surface area (Å²) in [6, 6.07) is 9.91. The van der Waals surface area contributed by atoms with Gasteiger partial charge >= 0.3 is 0 Å². The molecule has 9 heteroatoms. The summed E-state index contributed by atoms with van der Waals surface area (Å²) < 4.78 is 25.4. The number of thiophene rings is 1. The molecule has 28 heavy (non-hydrogen) atoms. The SMILES string of the molecule is CN(C)S(=O)(=O)c1ccc(C(=O)N2CCN(CC(O)c3cccs3)CC2)cc1. The van der Waals surface area contributed by atoms with Crippen molar-refractivity contribution in [3.8, 4) is 0 Å². The third-order valence-corrected chi connectivity index (χ3v) is 7.64. The third kappa shape index (κ3) is 4.61. The Morgan fingerprint density at radius 2 is 1.79 bits per heavy atom. The van der Waals surface area contributed by atoms with Crippen molar-refractivity contribution in [3.05, 3.63) is 52.2 Å². The first-order chi connectivity index (χ1) is 13.3. The van der Waals surface area contributed by atoms with Crippen LogP contribution in [0.25, 0.3) is 0 Å². The topological polar surface area (TPSA) is 81.2 Å². The first kappa shape index (κ1) is 20.9. The van der Waals surface area contributed by atoms with Crippen LogP contribution in [0.2, 0.25) is 0 Å². The van der Waals surface area contributed by atoms with E-state index in [4.69, 9.17) is 0 Å². The number of β-amino-alcohol motifs (C(OH)–C–C–N with tert-alkyl or cyclic N) is 1. The smallest absolute Gasteiger partial charge is 0.253 e. The minimum Gasteiger partial charge on any atom is -0.386 e. The second-order valence-electron chi connectivity index (χ2n) is 6.94. The highest BCUT2D eigenvalue weighted by Gasteiger charge is 2.24. The Labute approximate surface area is 169 Å². The predicted octanol–water partition coefficient (Wildman–Crippen LogP) is 1.49. The van der Waals surface area contributed by atoms with Crippen LogP contribution in [0.1, 0.15) is 21.3 Å². The Hall–Kier alpha value is -1.78. The van der Waals surface area contributed by atoms with E-state index in [1.165, 1.54) is 37.6 Å². The van der Waals surface area contributed by atoms with Gasteiger partial charge in [0.05, 0.1) is 4.90 Å². The molecule has 3 rings (SSSR count). The molecule has 1 fully saturated rings. The van der Waals surface area contributed by atoms with E-state index in [9.17, 15) is 18.3 Å². The van der Waals surface area contributed by atoms with Gasteiger partial charge in [0, 0.05) is 57.3 Å². The number of nitrogens with zero attached hydrogens (tertiary/aromatic N) is 3. The molecule has 1 amide bonds. The van der Waals surface area contributed by atoms with Crippen molar-refractivity contribution in [2.24, 2.45) is 0 Å².